The van der Waals surface area contributed by atoms with Gasteiger partial charge in [0, 0.05) is 49.9 Å². The molecule has 15 N–H and O–H groups in total. The topological polar surface area (TPSA) is 595 Å². The smallest absolute Gasteiger partial charge is 0.472 e. The summed E-state index contributed by atoms with van der Waals surface area (Å²) in [4.78, 5) is 140. The number of carbonyl (C=O) groups is 5. The summed E-state index contributed by atoms with van der Waals surface area (Å²) in [5, 5.41) is 28.1. The second-order valence-corrected chi connectivity index (χ2v) is 25.8. The van der Waals surface area contributed by atoms with Gasteiger partial charge >= 0.3 is 27.6 Å². The molecule has 13 atom stereocenters. The fourth-order valence-electron chi connectivity index (χ4n) is 11.4. The number of anilines is 4. The largest absolute Gasteiger partial charge is 0.480 e. The van der Waals surface area contributed by atoms with Crippen LogP contribution in [-0.4, -0.2) is 214 Å². The first-order chi connectivity index (χ1) is 47.5. The molecule has 99 heavy (non-hydrogen) atoms. The summed E-state index contributed by atoms with van der Waals surface area (Å²) in [6, 6.07) is 3.76. The van der Waals surface area contributed by atoms with Crippen molar-refractivity contribution in [1.82, 2.24) is 69.2 Å². The van der Waals surface area contributed by atoms with Crippen molar-refractivity contribution in [2.24, 2.45) is 25.7 Å². The molecule has 0 aliphatic carbocycles. The summed E-state index contributed by atoms with van der Waals surface area (Å²) >= 11 is 0. The van der Waals surface area contributed by atoms with Crippen molar-refractivity contribution in [1.29, 1.82) is 0 Å². The van der Waals surface area contributed by atoms with Crippen molar-refractivity contribution in [3.05, 3.63) is 67.8 Å². The number of aliphatic hydroxyl groups excluding tert-OH is 1. The summed E-state index contributed by atoms with van der Waals surface area (Å²) in [7, 11) is -10.1. The van der Waals surface area contributed by atoms with Gasteiger partial charge in [-0.15, -0.1) is 0 Å². The van der Waals surface area contributed by atoms with Gasteiger partial charge in [-0.3, -0.25) is 56.0 Å². The van der Waals surface area contributed by atoms with E-state index in [1.54, 1.807) is 12.1 Å². The van der Waals surface area contributed by atoms with E-state index in [2.05, 4.69) is 80.8 Å². The lowest BCUT2D eigenvalue weighted by molar-refractivity contribution is -0.155. The number of imidazole rings is 3. The van der Waals surface area contributed by atoms with E-state index in [4.69, 9.17) is 60.0 Å². The summed E-state index contributed by atoms with van der Waals surface area (Å²) in [5.74, 6) is -3.63. The van der Waals surface area contributed by atoms with Crippen LogP contribution in [-0.2, 0) is 65.4 Å². The summed E-state index contributed by atoms with van der Waals surface area (Å²) in [6.07, 6.45) is -0.910. The highest BCUT2D eigenvalue weighted by molar-refractivity contribution is 7.47. The molecule has 3 amide bonds. The van der Waals surface area contributed by atoms with E-state index in [9.17, 15) is 53.1 Å². The number of fused-ring (bicyclic) bond motifs is 4. The molecule has 12 rings (SSSR count). The molecule has 11 heterocycles. The van der Waals surface area contributed by atoms with Crippen molar-refractivity contribution in [3.63, 3.8) is 0 Å². The van der Waals surface area contributed by atoms with Crippen LogP contribution in [0.5, 0.6) is 0 Å². The standard InChI is InChI=1S/C55H65N23O19P2/c56-42-38-46(66-20-63-42)76(23-69-38)51-33(95-37(81)4-2-1-3-11-60-36(80)10-9-32(54(84)85)73-49(82)26-5-7-27(8-6-26)61-15-28-16-62-45-41(72-28)50(83)75-55(59)74-45)13-30(93-51)18-90-99(88,89)97-35-14-31(94-53(35)78-25-71-40-44(58)65-22-68-48(40)78)19-91-98(86,87)96-34-12-29(17-79)92-52(34)77-24-70-39-43(57)64-21-67-47(39)77/h5-8,16,20-25,29-35,41,51-53,61,79H,1-4,9-15,17-19H2,(H,60,80)(H,73,82)(H,84,85)(H,86,87)(H,88,89)(H2,56,63,66)(H2,57,64,67)(H2,58,65,68)(H2,59,75,83)/t29-,30-,31-,32?,33+,34+,35+,41?,51+,52+,53+/m0/s1. The number of nitrogens with two attached hydrogens (primary N) is 4. The van der Waals surface area contributed by atoms with Crippen LogP contribution >= 0.6 is 15.6 Å². The van der Waals surface area contributed by atoms with E-state index in [0.29, 0.717) is 30.7 Å². The number of carboxylic acid groups (broad SMARTS) is 1. The maximum Gasteiger partial charge on any atom is 0.472 e. The van der Waals surface area contributed by atoms with Crippen molar-refractivity contribution < 1.29 is 90.1 Å². The average molecular weight is 1410 g/mol. The number of hydrogen-bond donors (Lipinski definition) is 11. The van der Waals surface area contributed by atoms with E-state index in [0.717, 1.165) is 6.33 Å². The maximum atomic E-state index is 14.1. The van der Waals surface area contributed by atoms with E-state index in [1.165, 1.54) is 63.7 Å². The zero-order valence-electron chi connectivity index (χ0n) is 51.9. The third-order valence-corrected chi connectivity index (χ3v) is 18.2. The first-order valence-electron chi connectivity index (χ1n) is 30.6. The molecule has 0 radical (unpaired) electrons. The van der Waals surface area contributed by atoms with E-state index in [-0.39, 0.29) is 120 Å². The Hall–Kier alpha value is -9.84. The van der Waals surface area contributed by atoms with Gasteiger partial charge in [0.25, 0.3) is 11.8 Å². The first-order valence-corrected chi connectivity index (χ1v) is 33.6. The zero-order chi connectivity index (χ0) is 69.7. The molecule has 5 aliphatic rings. The number of phosphoric ester groups is 2. The molecule has 1 aromatic carbocycles. The van der Waals surface area contributed by atoms with Crippen LogP contribution in [0.2, 0.25) is 0 Å². The van der Waals surface area contributed by atoms with Gasteiger partial charge < -0.3 is 77.8 Å². The molecule has 524 valence electrons. The number of amidine groups is 1. The Morgan fingerprint density at radius 3 is 1.74 bits per heavy atom. The number of unbranched alkanes of at least 4 members (excludes halogenated alkanes) is 2. The number of guanidine groups is 1. The highest BCUT2D eigenvalue weighted by Gasteiger charge is 2.48. The van der Waals surface area contributed by atoms with Gasteiger partial charge in [0.15, 0.2) is 65.0 Å². The number of carboxylic acids is 1. The van der Waals surface area contributed by atoms with Crippen molar-refractivity contribution in [2.75, 3.05) is 55.4 Å². The van der Waals surface area contributed by atoms with Crippen LogP contribution in [0.15, 0.2) is 82.2 Å². The number of aliphatic hydroxyl groups is 1. The molecule has 42 nitrogen and oxygen atoms in total. The van der Waals surface area contributed by atoms with Crippen LogP contribution in [0.4, 0.5) is 23.1 Å². The highest BCUT2D eigenvalue weighted by atomic mass is 31.2. The number of rotatable bonds is 30. The monoisotopic (exact) mass is 1410 g/mol. The number of phosphoric acid groups is 2. The summed E-state index contributed by atoms with van der Waals surface area (Å²) in [6.45, 7) is -1.34. The number of benzene rings is 1. The Balaban J connectivity index is 0.609. The average Bonchev–Trinajstić information content (AvgIpc) is 1.64. The molecule has 0 saturated carbocycles. The normalized spacial score (nSPS) is 24.4. The maximum absolute atomic E-state index is 14.1. The van der Waals surface area contributed by atoms with Gasteiger partial charge in [0.05, 0.1) is 75.6 Å². The van der Waals surface area contributed by atoms with E-state index >= 15 is 0 Å². The lowest BCUT2D eigenvalue weighted by Gasteiger charge is -2.23. The number of aromatic nitrogens is 12. The molecule has 0 spiro atoms. The Morgan fingerprint density at radius 1 is 0.667 bits per heavy atom. The number of nitrogen functional groups attached to an aromatic ring is 3. The SMILES string of the molecule is NC1=NC(=O)C2N=C(CNc3ccc(C(=O)NC(CCC(=O)NCCCCCC(=O)O[C@@H]4C[C@@H](COP(=O)(O)O[C@@H]5C[C@@H](COP(=O)(O)O[C@@H]6C[C@@H](CO)O[C@H]6n6cnc7c(N)ncnc76)O[C@H]5n5cnc6c(N)ncnc65)O[C@H]4n4cnc5c(N)ncnc54)C(=O)O)cc3)C=NC2=N1. The highest BCUT2D eigenvalue weighted by Crippen LogP contribution is 2.53. The molecule has 3 saturated heterocycles. The number of nitrogens with zero attached hydrogens (tertiary/aromatic N) is 16. The zero-order valence-corrected chi connectivity index (χ0v) is 53.7. The molecule has 6 aromatic heterocycles. The second kappa shape index (κ2) is 29.7. The summed E-state index contributed by atoms with van der Waals surface area (Å²) < 4.78 is 78.9. The Morgan fingerprint density at radius 2 is 1.19 bits per heavy atom. The minimum Gasteiger partial charge on any atom is -0.480 e. The van der Waals surface area contributed by atoms with E-state index in [1.807, 2.05) is 0 Å². The Kier molecular flexibility index (Phi) is 20.7. The number of aliphatic carboxylic acids is 1. The van der Waals surface area contributed by atoms with Gasteiger partial charge in [-0.1, -0.05) is 6.42 Å². The van der Waals surface area contributed by atoms with Crippen LogP contribution in [0.25, 0.3) is 33.5 Å². The van der Waals surface area contributed by atoms with Gasteiger partial charge in [0.2, 0.25) is 11.9 Å². The lowest BCUT2D eigenvalue weighted by atomic mass is 10.1. The quantitative estimate of drug-likeness (QED) is 0.0159. The number of aliphatic imine (C=N–C) groups is 4. The third-order valence-electron chi connectivity index (χ3n) is 16.1. The third kappa shape index (κ3) is 16.2. The second-order valence-electron chi connectivity index (χ2n) is 23.0. The molecule has 5 aliphatic heterocycles. The summed E-state index contributed by atoms with van der Waals surface area (Å²) in [5.41, 5.74) is 26.0. The van der Waals surface area contributed by atoms with Crippen LogP contribution in [0.1, 0.15) is 86.8 Å². The first kappa shape index (κ1) is 69.1. The molecule has 3 fully saturated rings. The van der Waals surface area contributed by atoms with E-state index < -0.39 is 133 Å². The Labute approximate surface area is 557 Å². The Bertz CT molecular complexity index is 4440. The number of esters is 1. The van der Waals surface area contributed by atoms with Gasteiger partial charge in [-0.2, -0.15) is 9.98 Å². The fourth-order valence-corrected chi connectivity index (χ4v) is 13.3. The molecule has 44 heteroatoms. The van der Waals surface area contributed by atoms with Crippen molar-refractivity contribution in [2.45, 2.75) is 125 Å². The molecular weight excluding hydrogens is 1350 g/mol. The molecule has 7 aromatic rings. The fraction of sp³-hybridized carbons (Fsp3) is 0.455. The molecule has 0 bridgehead atoms. The number of amides is 3. The number of ether oxygens (including phenoxy) is 4. The van der Waals surface area contributed by atoms with Crippen LogP contribution in [0, 0.1) is 0 Å². The molecule has 4 unspecified atom stereocenters. The number of nitrogens with one attached hydrogen (secondary N) is 3. The minimum absolute atomic E-state index is 0.00436. The molecular formula is C55H65N23O19P2. The van der Waals surface area contributed by atoms with Crippen LogP contribution < -0.4 is 38.9 Å². The minimum atomic E-state index is -5.13. The number of carbonyl (C=O) groups excluding carboxylic acids is 4. The predicted molar refractivity (Wildman–Crippen MR) is 341 cm³/mol. The lowest BCUT2D eigenvalue weighted by Crippen LogP contribution is -2.41. The van der Waals surface area contributed by atoms with Crippen molar-refractivity contribution in [3.8, 4) is 0 Å². The van der Waals surface area contributed by atoms with Gasteiger partial charge in [-0.25, -0.2) is 63.8 Å². The van der Waals surface area contributed by atoms with Gasteiger partial charge in [-0.05, 0) is 43.5 Å². The van der Waals surface area contributed by atoms with Crippen LogP contribution in [0.3, 0.4) is 0 Å². The predicted octanol–water partition coefficient (Wildman–Crippen LogP) is -0.0770. The van der Waals surface area contributed by atoms with Gasteiger partial charge in [0.1, 0.15) is 59.9 Å². The van der Waals surface area contributed by atoms with Crippen molar-refractivity contribution >= 4 is 126 Å². The number of hydrogen-bond acceptors (Lipinski definition) is 33.